The van der Waals surface area contributed by atoms with E-state index in [1.54, 1.807) is 6.21 Å². The Labute approximate surface area is 179 Å². The number of nitrogens with zero attached hydrogens (tertiary/aromatic N) is 4. The number of aromatic nitrogens is 2. The zero-order valence-corrected chi connectivity index (χ0v) is 18.2. The Morgan fingerprint density at radius 2 is 1.77 bits per heavy atom. The number of thiophene rings is 1. The van der Waals surface area contributed by atoms with Crippen molar-refractivity contribution in [3.63, 3.8) is 0 Å². The predicted molar refractivity (Wildman–Crippen MR) is 127 cm³/mol. The molecule has 152 valence electrons. The third kappa shape index (κ3) is 3.78. The molecule has 0 aliphatic rings. The van der Waals surface area contributed by atoms with Gasteiger partial charge in [0.05, 0.1) is 11.6 Å². The van der Waals surface area contributed by atoms with Crippen LogP contribution < -0.4 is 10.5 Å². The highest BCUT2D eigenvalue weighted by molar-refractivity contribution is 7.19. The molecule has 0 fully saturated rings. The summed E-state index contributed by atoms with van der Waals surface area (Å²) in [6, 6.07) is 18.2. The monoisotopic (exact) mass is 416 g/mol. The van der Waals surface area contributed by atoms with Crippen LogP contribution in [0.25, 0.3) is 21.3 Å². The third-order valence-corrected chi connectivity index (χ3v) is 6.20. The minimum atomic E-state index is -0.154. The fourth-order valence-electron chi connectivity index (χ4n) is 3.62. The number of rotatable bonds is 6. The zero-order valence-electron chi connectivity index (χ0n) is 17.4. The van der Waals surface area contributed by atoms with Gasteiger partial charge in [-0.25, -0.2) is 4.98 Å². The standard InChI is InChI=1S/C24H24N4OS/c1-4-27(5-2)20-13-11-18(12-14-20)15-26-28-16-25-23-22(24(28)29)21(17(3)30-23)19-9-7-6-8-10-19/h6-16H,4-5H2,1-3H3/b26-15-. The van der Waals surface area contributed by atoms with Crippen molar-refractivity contribution in [3.8, 4) is 11.1 Å². The van der Waals surface area contributed by atoms with Gasteiger partial charge in [-0.1, -0.05) is 42.5 Å². The van der Waals surface area contributed by atoms with Crippen LogP contribution in [0.15, 0.2) is 70.8 Å². The van der Waals surface area contributed by atoms with E-state index >= 15 is 0 Å². The fraction of sp³-hybridized carbons (Fsp3) is 0.208. The van der Waals surface area contributed by atoms with Crippen molar-refractivity contribution >= 4 is 33.5 Å². The molecule has 0 saturated heterocycles. The molecule has 4 aromatic rings. The summed E-state index contributed by atoms with van der Waals surface area (Å²) in [4.78, 5) is 21.8. The van der Waals surface area contributed by atoms with Crippen molar-refractivity contribution in [2.75, 3.05) is 18.0 Å². The molecule has 6 heteroatoms. The van der Waals surface area contributed by atoms with E-state index in [1.165, 1.54) is 28.0 Å². The van der Waals surface area contributed by atoms with E-state index in [0.717, 1.165) is 39.5 Å². The van der Waals surface area contributed by atoms with E-state index in [0.29, 0.717) is 5.39 Å². The summed E-state index contributed by atoms with van der Waals surface area (Å²) in [7, 11) is 0. The minimum Gasteiger partial charge on any atom is -0.372 e. The Balaban J connectivity index is 1.70. The number of aryl methyl sites for hydroxylation is 1. The smallest absolute Gasteiger partial charge is 0.283 e. The molecule has 0 bridgehead atoms. The van der Waals surface area contributed by atoms with Crippen molar-refractivity contribution in [1.29, 1.82) is 0 Å². The van der Waals surface area contributed by atoms with Gasteiger partial charge in [-0.15, -0.1) is 11.3 Å². The van der Waals surface area contributed by atoms with Crippen LogP contribution in [0, 0.1) is 6.92 Å². The lowest BCUT2D eigenvalue weighted by Gasteiger charge is -2.20. The Morgan fingerprint density at radius 1 is 1.07 bits per heavy atom. The lowest BCUT2D eigenvalue weighted by atomic mass is 10.0. The van der Waals surface area contributed by atoms with Gasteiger partial charge in [-0.05, 0) is 44.0 Å². The predicted octanol–water partition coefficient (Wildman–Crippen LogP) is 5.16. The van der Waals surface area contributed by atoms with Gasteiger partial charge in [-0.2, -0.15) is 9.78 Å². The quantitative estimate of drug-likeness (QED) is 0.408. The molecule has 30 heavy (non-hydrogen) atoms. The zero-order chi connectivity index (χ0) is 21.1. The number of benzene rings is 2. The van der Waals surface area contributed by atoms with Crippen LogP contribution in [0.3, 0.4) is 0 Å². The molecule has 2 aromatic heterocycles. The van der Waals surface area contributed by atoms with Crippen molar-refractivity contribution < 1.29 is 0 Å². The lowest BCUT2D eigenvalue weighted by Crippen LogP contribution is -2.21. The molecule has 0 aliphatic heterocycles. The van der Waals surface area contributed by atoms with Gasteiger partial charge in [0, 0.05) is 29.2 Å². The maximum Gasteiger partial charge on any atom is 0.283 e. The number of anilines is 1. The molecule has 4 rings (SSSR count). The van der Waals surface area contributed by atoms with Crippen molar-refractivity contribution in [2.24, 2.45) is 5.10 Å². The molecule has 0 unspecified atom stereocenters. The van der Waals surface area contributed by atoms with E-state index in [4.69, 9.17) is 0 Å². The Bertz CT molecular complexity index is 1240. The van der Waals surface area contributed by atoms with E-state index in [2.05, 4.69) is 41.0 Å². The normalized spacial score (nSPS) is 11.4. The average molecular weight is 417 g/mol. The fourth-order valence-corrected chi connectivity index (χ4v) is 4.62. The molecule has 0 saturated carbocycles. The van der Waals surface area contributed by atoms with Gasteiger partial charge in [0.15, 0.2) is 0 Å². The van der Waals surface area contributed by atoms with Crippen molar-refractivity contribution in [2.45, 2.75) is 20.8 Å². The van der Waals surface area contributed by atoms with Gasteiger partial charge in [0.2, 0.25) is 0 Å². The van der Waals surface area contributed by atoms with Crippen LogP contribution in [-0.2, 0) is 0 Å². The maximum atomic E-state index is 13.2. The first-order valence-electron chi connectivity index (χ1n) is 10.1. The highest BCUT2D eigenvalue weighted by atomic mass is 32.1. The van der Waals surface area contributed by atoms with E-state index in [9.17, 15) is 4.79 Å². The first-order chi connectivity index (χ1) is 14.6. The SMILES string of the molecule is CCN(CC)c1ccc(/C=N\n2cnc3sc(C)c(-c4ccccc4)c3c2=O)cc1. The van der Waals surface area contributed by atoms with Crippen molar-refractivity contribution in [1.82, 2.24) is 9.66 Å². The second-order valence-corrected chi connectivity index (χ2v) is 8.19. The second kappa shape index (κ2) is 8.63. The maximum absolute atomic E-state index is 13.2. The van der Waals surface area contributed by atoms with Gasteiger partial charge in [0.25, 0.3) is 5.56 Å². The summed E-state index contributed by atoms with van der Waals surface area (Å²) in [5, 5.41) is 5.02. The molecule has 0 amide bonds. The summed E-state index contributed by atoms with van der Waals surface area (Å²) in [6.07, 6.45) is 3.19. The molecule has 0 spiro atoms. The Morgan fingerprint density at radius 3 is 2.43 bits per heavy atom. The van der Waals surface area contributed by atoms with Crippen LogP contribution in [0.5, 0.6) is 0 Å². The lowest BCUT2D eigenvalue weighted by molar-refractivity contribution is 0.819. The molecule has 0 radical (unpaired) electrons. The van der Waals surface area contributed by atoms with Crippen LogP contribution in [0.2, 0.25) is 0 Å². The highest BCUT2D eigenvalue weighted by Crippen LogP contribution is 2.35. The molecule has 0 atom stereocenters. The molecule has 2 heterocycles. The number of hydrogen-bond acceptors (Lipinski definition) is 5. The van der Waals surface area contributed by atoms with E-state index in [1.807, 2.05) is 49.4 Å². The first-order valence-corrected chi connectivity index (χ1v) is 10.9. The minimum absolute atomic E-state index is 0.154. The number of hydrogen-bond donors (Lipinski definition) is 0. The Hall–Kier alpha value is -3.25. The molecule has 0 aliphatic carbocycles. The Kier molecular flexibility index (Phi) is 5.77. The van der Waals surface area contributed by atoms with E-state index in [-0.39, 0.29) is 5.56 Å². The van der Waals surface area contributed by atoms with Gasteiger partial charge < -0.3 is 4.90 Å². The summed E-state index contributed by atoms with van der Waals surface area (Å²) in [5.74, 6) is 0. The van der Waals surface area contributed by atoms with Crippen LogP contribution >= 0.6 is 11.3 Å². The average Bonchev–Trinajstić information content (AvgIpc) is 3.12. The van der Waals surface area contributed by atoms with Crippen molar-refractivity contribution in [3.05, 3.63) is 81.7 Å². The molecule has 2 aromatic carbocycles. The summed E-state index contributed by atoms with van der Waals surface area (Å²) >= 11 is 1.54. The molecular weight excluding hydrogens is 392 g/mol. The summed E-state index contributed by atoms with van der Waals surface area (Å²) in [5.41, 5.74) is 3.93. The van der Waals surface area contributed by atoms with Gasteiger partial charge in [-0.3, -0.25) is 4.79 Å². The molecule has 0 N–H and O–H groups in total. The van der Waals surface area contributed by atoms with Gasteiger partial charge >= 0.3 is 0 Å². The summed E-state index contributed by atoms with van der Waals surface area (Å²) in [6.45, 7) is 8.25. The second-order valence-electron chi connectivity index (χ2n) is 6.98. The highest BCUT2D eigenvalue weighted by Gasteiger charge is 2.16. The van der Waals surface area contributed by atoms with E-state index < -0.39 is 0 Å². The van der Waals surface area contributed by atoms with Crippen LogP contribution in [-0.4, -0.2) is 29.0 Å². The largest absolute Gasteiger partial charge is 0.372 e. The third-order valence-electron chi connectivity index (χ3n) is 5.19. The number of fused-ring (bicyclic) bond motifs is 1. The molecular formula is C24H24N4OS. The first kappa shape index (κ1) is 20.0. The summed E-state index contributed by atoms with van der Waals surface area (Å²) < 4.78 is 1.32. The molecule has 5 nitrogen and oxygen atoms in total. The topological polar surface area (TPSA) is 50.5 Å². The van der Waals surface area contributed by atoms with Crippen LogP contribution in [0.4, 0.5) is 5.69 Å². The van der Waals surface area contributed by atoms with Crippen LogP contribution in [0.1, 0.15) is 24.3 Å². The van der Waals surface area contributed by atoms with Gasteiger partial charge in [0.1, 0.15) is 11.2 Å².